The summed E-state index contributed by atoms with van der Waals surface area (Å²) in [6.45, 7) is 0. The molecule has 0 amide bonds. The lowest BCUT2D eigenvalue weighted by Gasteiger charge is -2.20. The Balaban J connectivity index is 0.000000359. The second kappa shape index (κ2) is 5.08. The molecule has 0 bridgehead atoms. The lowest BCUT2D eigenvalue weighted by molar-refractivity contribution is -0.742. The molecule has 4 nitrogen and oxygen atoms in total. The molecule has 7 aromatic rings. The lowest BCUT2D eigenvalue weighted by Crippen LogP contribution is -1.91. The predicted molar refractivity (Wildman–Crippen MR) is 114 cm³/mol. The molecule has 0 spiro atoms. The molecule has 0 atom stereocenters. The maximum Gasteiger partial charge on any atom is 0.291 e. The zero-order valence-corrected chi connectivity index (χ0v) is 14.6. The number of benzene rings is 7. The average molecular weight is 363 g/mol. The molecule has 7 aromatic carbocycles. The number of rotatable bonds is 0. The van der Waals surface area contributed by atoms with Gasteiger partial charge in [-0.05, 0) is 64.6 Å². The largest absolute Gasteiger partial charge is 0.328 e. The molecule has 0 fully saturated rings. The monoisotopic (exact) mass is 363 g/mol. The van der Waals surface area contributed by atoms with Gasteiger partial charge in [-0.25, -0.2) is 0 Å². The van der Waals surface area contributed by atoms with Gasteiger partial charge in [-0.1, -0.05) is 72.8 Å². The molecule has 0 radical (unpaired) electrons. The van der Waals surface area contributed by atoms with Gasteiger partial charge in [0, 0.05) is 0 Å². The van der Waals surface area contributed by atoms with Crippen LogP contribution >= 0.6 is 0 Å². The van der Waals surface area contributed by atoms with E-state index in [1.807, 2.05) is 0 Å². The van der Waals surface area contributed by atoms with Crippen molar-refractivity contribution >= 4 is 64.6 Å². The van der Waals surface area contributed by atoms with Gasteiger partial charge in [-0.2, -0.15) is 0 Å². The Morgan fingerprint density at radius 2 is 0.571 bits per heavy atom. The Hall–Kier alpha value is -3.92. The van der Waals surface area contributed by atoms with E-state index in [0.717, 1.165) is 0 Å². The Morgan fingerprint density at radius 3 is 0.679 bits per heavy atom. The molecule has 0 saturated heterocycles. The van der Waals surface area contributed by atoms with E-state index in [-0.39, 0.29) is 0 Å². The van der Waals surface area contributed by atoms with Crippen LogP contribution in [0.5, 0.6) is 0 Å². The highest BCUT2D eigenvalue weighted by Gasteiger charge is 2.19. The van der Waals surface area contributed by atoms with Gasteiger partial charge in [0.2, 0.25) is 0 Å². The van der Waals surface area contributed by atoms with E-state index < -0.39 is 5.09 Å². The van der Waals surface area contributed by atoms with Gasteiger partial charge >= 0.3 is 0 Å². The SMILES string of the molecule is O=[N+]([O-])O.c1cc2ccc3ccc4ccc5ccc6ccc1c1c2c3c4c5c61. The van der Waals surface area contributed by atoms with Crippen molar-refractivity contribution in [1.82, 2.24) is 0 Å². The highest BCUT2D eigenvalue weighted by atomic mass is 16.9. The fraction of sp³-hybridized carbons (Fsp3) is 0. The van der Waals surface area contributed by atoms with Crippen molar-refractivity contribution in [1.29, 1.82) is 0 Å². The van der Waals surface area contributed by atoms with E-state index in [1.54, 1.807) is 0 Å². The predicted octanol–water partition coefficient (Wildman–Crippen LogP) is 6.57. The van der Waals surface area contributed by atoms with Crippen molar-refractivity contribution < 1.29 is 10.3 Å². The Kier molecular flexibility index (Phi) is 2.75. The van der Waals surface area contributed by atoms with Crippen LogP contribution in [0.25, 0.3) is 64.6 Å². The van der Waals surface area contributed by atoms with Gasteiger partial charge in [0.05, 0.1) is 0 Å². The molecule has 0 aliphatic rings. The van der Waals surface area contributed by atoms with Crippen molar-refractivity contribution in [3.8, 4) is 0 Å². The van der Waals surface area contributed by atoms with E-state index in [1.165, 1.54) is 64.6 Å². The molecule has 7 rings (SSSR count). The van der Waals surface area contributed by atoms with E-state index >= 15 is 0 Å². The third-order valence-electron chi connectivity index (χ3n) is 5.89. The summed E-state index contributed by atoms with van der Waals surface area (Å²) in [7, 11) is 0. The standard InChI is InChI=1S/C24H12.HNO3/c1-2-14-5-6-16-9-11-18-12-10-17-8-7-15-4-3-13(1)19-20(14)22(16)24(18)23(17)21(15)19;2-1(3)4/h1-12H;(H,2,3,4). The van der Waals surface area contributed by atoms with Gasteiger partial charge in [0.1, 0.15) is 0 Å². The second-order valence-corrected chi connectivity index (χ2v) is 7.22. The van der Waals surface area contributed by atoms with Crippen molar-refractivity contribution in [3.05, 3.63) is 82.9 Å². The highest BCUT2D eigenvalue weighted by molar-refractivity contribution is 6.44. The molecule has 0 unspecified atom stereocenters. The van der Waals surface area contributed by atoms with Crippen LogP contribution in [0, 0.1) is 10.1 Å². The summed E-state index contributed by atoms with van der Waals surface area (Å²) in [5, 5.41) is 30.4. The van der Waals surface area contributed by atoms with Crippen LogP contribution in [0.2, 0.25) is 0 Å². The van der Waals surface area contributed by atoms with Crippen molar-refractivity contribution in [2.45, 2.75) is 0 Å². The summed E-state index contributed by atoms with van der Waals surface area (Å²) >= 11 is 0. The molecule has 0 heterocycles. The van der Waals surface area contributed by atoms with Crippen molar-refractivity contribution in [2.75, 3.05) is 0 Å². The number of nitrogens with zero attached hydrogens (tertiary/aromatic N) is 1. The number of hydrogen-bond donors (Lipinski definition) is 1. The maximum absolute atomic E-state index is 8.36. The molecule has 0 saturated carbocycles. The fourth-order valence-electron chi connectivity index (χ4n) is 4.89. The van der Waals surface area contributed by atoms with Crippen LogP contribution in [0.1, 0.15) is 0 Å². The topological polar surface area (TPSA) is 63.4 Å². The zero-order valence-electron chi connectivity index (χ0n) is 14.6. The summed E-state index contributed by atoms with van der Waals surface area (Å²) in [5.74, 6) is 0. The van der Waals surface area contributed by atoms with Crippen molar-refractivity contribution in [2.24, 2.45) is 0 Å². The van der Waals surface area contributed by atoms with Gasteiger partial charge in [0.25, 0.3) is 5.09 Å². The molecule has 0 aromatic heterocycles. The molecule has 0 aliphatic carbocycles. The fourth-order valence-corrected chi connectivity index (χ4v) is 4.89. The zero-order chi connectivity index (χ0) is 19.0. The first-order valence-electron chi connectivity index (χ1n) is 9.03. The molecule has 132 valence electrons. The molecular formula is C24H13NO3. The molecule has 28 heavy (non-hydrogen) atoms. The highest BCUT2D eigenvalue weighted by Crippen LogP contribution is 2.47. The first kappa shape index (κ1) is 15.2. The third kappa shape index (κ3) is 1.79. The van der Waals surface area contributed by atoms with Crippen LogP contribution in [-0.4, -0.2) is 10.3 Å². The summed E-state index contributed by atoms with van der Waals surface area (Å²) in [4.78, 5) is 8.36. The molecule has 4 heteroatoms. The number of hydrogen-bond acceptors (Lipinski definition) is 2. The Labute approximate surface area is 158 Å². The summed E-state index contributed by atoms with van der Waals surface area (Å²) < 4.78 is 0. The summed E-state index contributed by atoms with van der Waals surface area (Å²) in [6.07, 6.45) is 0. The normalized spacial score (nSPS) is 12.0. The Bertz CT molecular complexity index is 1250. The molecule has 0 aliphatic heterocycles. The van der Waals surface area contributed by atoms with Crippen LogP contribution in [0.4, 0.5) is 0 Å². The summed E-state index contributed by atoms with van der Waals surface area (Å²) in [5.41, 5.74) is 0. The first-order valence-corrected chi connectivity index (χ1v) is 9.03. The van der Waals surface area contributed by atoms with Crippen LogP contribution < -0.4 is 0 Å². The maximum atomic E-state index is 8.36. The second-order valence-electron chi connectivity index (χ2n) is 7.22. The van der Waals surface area contributed by atoms with E-state index in [0.29, 0.717) is 0 Å². The minimum atomic E-state index is -1.50. The Morgan fingerprint density at radius 1 is 0.464 bits per heavy atom. The van der Waals surface area contributed by atoms with Gasteiger partial charge in [-0.3, -0.25) is 0 Å². The quantitative estimate of drug-likeness (QED) is 0.143. The summed E-state index contributed by atoms with van der Waals surface area (Å²) in [6, 6.07) is 27.3. The van der Waals surface area contributed by atoms with Gasteiger partial charge in [0.15, 0.2) is 0 Å². The van der Waals surface area contributed by atoms with E-state index in [2.05, 4.69) is 72.8 Å². The van der Waals surface area contributed by atoms with Crippen LogP contribution in [-0.2, 0) is 0 Å². The average Bonchev–Trinajstić information content (AvgIpc) is 2.71. The van der Waals surface area contributed by atoms with E-state index in [9.17, 15) is 0 Å². The van der Waals surface area contributed by atoms with Crippen molar-refractivity contribution in [3.63, 3.8) is 0 Å². The van der Waals surface area contributed by atoms with Crippen LogP contribution in [0.15, 0.2) is 72.8 Å². The minimum absolute atomic E-state index is 1.35. The molecular weight excluding hydrogens is 350 g/mol. The lowest BCUT2D eigenvalue weighted by atomic mass is 9.83. The third-order valence-corrected chi connectivity index (χ3v) is 5.89. The molecule has 1 N–H and O–H groups in total. The van der Waals surface area contributed by atoms with Gasteiger partial charge < -0.3 is 5.21 Å². The minimum Gasteiger partial charge on any atom is -0.328 e. The first-order chi connectivity index (χ1) is 13.6. The van der Waals surface area contributed by atoms with Gasteiger partial charge in [-0.15, -0.1) is 10.1 Å². The van der Waals surface area contributed by atoms with Crippen LogP contribution in [0.3, 0.4) is 0 Å². The smallest absolute Gasteiger partial charge is 0.291 e. The van der Waals surface area contributed by atoms with E-state index in [4.69, 9.17) is 15.3 Å².